The van der Waals surface area contributed by atoms with Crippen LogP contribution in [0.2, 0.25) is 0 Å². The summed E-state index contributed by atoms with van der Waals surface area (Å²) in [6.45, 7) is 2.12. The Kier molecular flexibility index (Phi) is 2.67. The lowest BCUT2D eigenvalue weighted by Gasteiger charge is -2.08. The molecule has 5 nitrogen and oxygen atoms in total. The van der Waals surface area contributed by atoms with Gasteiger partial charge < -0.3 is 10.6 Å². The molecule has 6 heteroatoms. The van der Waals surface area contributed by atoms with Crippen molar-refractivity contribution in [2.45, 2.75) is 25.6 Å². The van der Waals surface area contributed by atoms with Crippen LogP contribution in [0.5, 0.6) is 0 Å². The monoisotopic (exact) mass is 181 g/mol. The Morgan fingerprint density at radius 3 is 2.64 bits per heavy atom. The minimum absolute atomic E-state index is 0.337. The van der Waals surface area contributed by atoms with E-state index in [1.807, 2.05) is 0 Å². The van der Waals surface area contributed by atoms with Crippen molar-refractivity contribution in [3.63, 3.8) is 0 Å². The van der Waals surface area contributed by atoms with Crippen LogP contribution < -0.4 is 5.73 Å². The molecule has 1 saturated heterocycles. The van der Waals surface area contributed by atoms with Crippen LogP contribution in [-0.2, 0) is 13.6 Å². The van der Waals surface area contributed by atoms with Gasteiger partial charge in [-0.1, -0.05) is 0 Å². The Labute approximate surface area is 65.1 Å². The van der Waals surface area contributed by atoms with E-state index >= 15 is 0 Å². The van der Waals surface area contributed by atoms with E-state index in [2.05, 4.69) is 4.52 Å². The van der Waals surface area contributed by atoms with Gasteiger partial charge in [0, 0.05) is 0 Å². The van der Waals surface area contributed by atoms with Crippen LogP contribution in [-0.4, -0.2) is 23.6 Å². The van der Waals surface area contributed by atoms with E-state index < -0.39 is 7.82 Å². The van der Waals surface area contributed by atoms with Gasteiger partial charge in [-0.15, -0.1) is 0 Å². The molecule has 0 saturated carbocycles. The first-order chi connectivity index (χ1) is 5.05. The molecule has 0 bridgehead atoms. The second-order valence-corrected chi connectivity index (χ2v) is 3.86. The SMILES string of the molecule is CC1OP(=O)(O)OC1CCN. The molecule has 1 rings (SSSR count). The molecule has 0 spiro atoms. The standard InChI is InChI=1S/C5H12NO4P/c1-4-5(2-3-6)10-11(7,8)9-4/h4-5H,2-3,6H2,1H3,(H,7,8). The third kappa shape index (κ3) is 2.25. The highest BCUT2D eigenvalue weighted by molar-refractivity contribution is 7.47. The van der Waals surface area contributed by atoms with Gasteiger partial charge in [0.2, 0.25) is 0 Å². The summed E-state index contributed by atoms with van der Waals surface area (Å²) in [7, 11) is -3.74. The van der Waals surface area contributed by atoms with Crippen molar-refractivity contribution in [1.29, 1.82) is 0 Å². The lowest BCUT2D eigenvalue weighted by molar-refractivity contribution is 0.163. The first-order valence-electron chi connectivity index (χ1n) is 3.45. The summed E-state index contributed by atoms with van der Waals surface area (Å²) >= 11 is 0. The molecular formula is C5H12NO4P. The average Bonchev–Trinajstić information content (AvgIpc) is 2.07. The maximum absolute atomic E-state index is 10.8. The van der Waals surface area contributed by atoms with Crippen molar-refractivity contribution >= 4 is 7.82 Å². The lowest BCUT2D eigenvalue weighted by Crippen LogP contribution is -2.22. The molecule has 11 heavy (non-hydrogen) atoms. The first kappa shape index (κ1) is 9.16. The Balaban J connectivity index is 2.52. The van der Waals surface area contributed by atoms with E-state index in [4.69, 9.17) is 15.2 Å². The number of nitrogens with two attached hydrogens (primary N) is 1. The second-order valence-electron chi connectivity index (χ2n) is 2.50. The maximum Gasteiger partial charge on any atom is 0.472 e. The van der Waals surface area contributed by atoms with Crippen LogP contribution in [0, 0.1) is 0 Å². The van der Waals surface area contributed by atoms with Gasteiger partial charge in [0.05, 0.1) is 12.2 Å². The van der Waals surface area contributed by atoms with Crippen LogP contribution in [0.1, 0.15) is 13.3 Å². The van der Waals surface area contributed by atoms with Gasteiger partial charge in [-0.25, -0.2) is 4.57 Å². The highest BCUT2D eigenvalue weighted by Crippen LogP contribution is 2.52. The van der Waals surface area contributed by atoms with E-state index in [0.29, 0.717) is 13.0 Å². The van der Waals surface area contributed by atoms with Gasteiger partial charge in [-0.3, -0.25) is 9.05 Å². The lowest BCUT2D eigenvalue weighted by atomic mass is 10.2. The predicted octanol–water partition coefficient (Wildman–Crippen LogP) is 0.239. The van der Waals surface area contributed by atoms with Crippen LogP contribution >= 0.6 is 7.82 Å². The Bertz CT molecular complexity index is 185. The smallest absolute Gasteiger partial charge is 0.330 e. The number of hydrogen-bond acceptors (Lipinski definition) is 4. The molecule has 0 radical (unpaired) electrons. The Morgan fingerprint density at radius 1 is 1.64 bits per heavy atom. The molecule has 3 unspecified atom stereocenters. The van der Waals surface area contributed by atoms with Gasteiger partial charge in [-0.05, 0) is 19.9 Å². The quantitative estimate of drug-likeness (QED) is 0.596. The molecule has 0 aromatic carbocycles. The number of phosphoric acid groups is 1. The van der Waals surface area contributed by atoms with Crippen LogP contribution in [0.25, 0.3) is 0 Å². The minimum Gasteiger partial charge on any atom is -0.330 e. The zero-order valence-electron chi connectivity index (χ0n) is 6.27. The summed E-state index contributed by atoms with van der Waals surface area (Å²) < 4.78 is 20.1. The van der Waals surface area contributed by atoms with Crippen molar-refractivity contribution < 1.29 is 18.5 Å². The van der Waals surface area contributed by atoms with Gasteiger partial charge in [0.15, 0.2) is 0 Å². The highest BCUT2D eigenvalue weighted by atomic mass is 31.2. The fraction of sp³-hybridized carbons (Fsp3) is 1.00. The van der Waals surface area contributed by atoms with Gasteiger partial charge in [-0.2, -0.15) is 0 Å². The molecule has 1 heterocycles. The van der Waals surface area contributed by atoms with Crippen molar-refractivity contribution in [2.24, 2.45) is 5.73 Å². The fourth-order valence-electron chi connectivity index (χ4n) is 1.01. The molecule has 66 valence electrons. The zero-order chi connectivity index (χ0) is 8.48. The van der Waals surface area contributed by atoms with E-state index in [9.17, 15) is 4.57 Å². The van der Waals surface area contributed by atoms with Gasteiger partial charge >= 0.3 is 7.82 Å². The predicted molar refractivity (Wildman–Crippen MR) is 38.9 cm³/mol. The van der Waals surface area contributed by atoms with E-state index in [1.54, 1.807) is 6.92 Å². The summed E-state index contributed by atoms with van der Waals surface area (Å²) in [6, 6.07) is 0. The maximum atomic E-state index is 10.8. The van der Waals surface area contributed by atoms with Crippen LogP contribution in [0.4, 0.5) is 0 Å². The first-order valence-corrected chi connectivity index (χ1v) is 4.94. The molecule has 3 atom stereocenters. The van der Waals surface area contributed by atoms with E-state index in [0.717, 1.165) is 0 Å². The fourth-order valence-corrected chi connectivity index (χ4v) is 2.24. The molecule has 1 fully saturated rings. The van der Waals surface area contributed by atoms with Gasteiger partial charge in [0.25, 0.3) is 0 Å². The van der Waals surface area contributed by atoms with Crippen LogP contribution in [0.3, 0.4) is 0 Å². The summed E-state index contributed by atoms with van der Waals surface area (Å²) in [5, 5.41) is 0. The zero-order valence-corrected chi connectivity index (χ0v) is 7.16. The van der Waals surface area contributed by atoms with E-state index in [-0.39, 0.29) is 12.2 Å². The third-order valence-corrected chi connectivity index (χ3v) is 2.68. The summed E-state index contributed by atoms with van der Waals surface area (Å²) in [4.78, 5) is 8.83. The molecule has 0 aliphatic carbocycles. The summed E-state index contributed by atoms with van der Waals surface area (Å²) in [5.41, 5.74) is 5.25. The number of phosphoric ester groups is 1. The molecule has 0 amide bonds. The van der Waals surface area contributed by atoms with Crippen molar-refractivity contribution in [1.82, 2.24) is 0 Å². The topological polar surface area (TPSA) is 81.8 Å². The van der Waals surface area contributed by atoms with Crippen LogP contribution in [0.15, 0.2) is 0 Å². The summed E-state index contributed by atoms with van der Waals surface area (Å²) in [5.74, 6) is 0. The molecule has 1 aliphatic rings. The van der Waals surface area contributed by atoms with Crippen molar-refractivity contribution in [3.05, 3.63) is 0 Å². The number of rotatable bonds is 2. The molecular weight excluding hydrogens is 169 g/mol. The highest BCUT2D eigenvalue weighted by Gasteiger charge is 2.40. The second kappa shape index (κ2) is 3.21. The molecule has 0 aromatic heterocycles. The summed E-state index contributed by atoms with van der Waals surface area (Å²) in [6.07, 6.45) is -0.128. The minimum atomic E-state index is -3.74. The van der Waals surface area contributed by atoms with E-state index in [1.165, 1.54) is 0 Å². The Hall–Kier alpha value is 0.0700. The normalized spacial score (nSPS) is 44.6. The van der Waals surface area contributed by atoms with Crippen molar-refractivity contribution in [2.75, 3.05) is 6.54 Å². The third-order valence-electron chi connectivity index (χ3n) is 1.54. The van der Waals surface area contributed by atoms with Gasteiger partial charge in [0.1, 0.15) is 0 Å². The molecule has 3 N–H and O–H groups in total. The molecule has 0 aromatic rings. The number of hydrogen-bond donors (Lipinski definition) is 2. The van der Waals surface area contributed by atoms with Crippen molar-refractivity contribution in [3.8, 4) is 0 Å². The Morgan fingerprint density at radius 2 is 2.27 bits per heavy atom. The average molecular weight is 181 g/mol. The molecule has 1 aliphatic heterocycles. The largest absolute Gasteiger partial charge is 0.472 e.